The Bertz CT molecular complexity index is 796. The Kier molecular flexibility index (Phi) is 4.22. The van der Waals surface area contributed by atoms with Crippen LogP contribution >= 0.6 is 22.9 Å². The second-order valence-electron chi connectivity index (χ2n) is 5.19. The van der Waals surface area contributed by atoms with Crippen molar-refractivity contribution in [2.24, 2.45) is 0 Å². The Labute approximate surface area is 136 Å². The predicted molar refractivity (Wildman–Crippen MR) is 85.7 cm³/mol. The summed E-state index contributed by atoms with van der Waals surface area (Å²) in [4.78, 5) is 0. The minimum atomic E-state index is -0.429. The van der Waals surface area contributed by atoms with Crippen LogP contribution in [0.5, 0.6) is 0 Å². The molecule has 0 radical (unpaired) electrons. The van der Waals surface area contributed by atoms with Gasteiger partial charge in [-0.15, -0.1) is 10.2 Å². The molecule has 0 atom stereocenters. The van der Waals surface area contributed by atoms with E-state index in [0.29, 0.717) is 12.5 Å². The number of nitrogens with zero attached hydrogens (tertiary/aromatic N) is 4. The van der Waals surface area contributed by atoms with Crippen molar-refractivity contribution in [3.8, 4) is 11.3 Å². The van der Waals surface area contributed by atoms with Gasteiger partial charge in [-0.3, -0.25) is 4.68 Å². The summed E-state index contributed by atoms with van der Waals surface area (Å²) in [5.41, 5.74) is 1.68. The lowest BCUT2D eigenvalue weighted by atomic mass is 10.1. The molecule has 7 heteroatoms. The molecule has 0 aliphatic heterocycles. The van der Waals surface area contributed by atoms with Crippen LogP contribution in [0, 0.1) is 5.82 Å². The number of rotatable bonds is 4. The molecule has 0 aliphatic carbocycles. The normalized spacial score (nSPS) is 11.3. The van der Waals surface area contributed by atoms with Crippen LogP contribution < -0.4 is 0 Å². The first-order valence-electron chi connectivity index (χ1n) is 6.84. The van der Waals surface area contributed by atoms with E-state index >= 15 is 0 Å². The first kappa shape index (κ1) is 15.1. The van der Waals surface area contributed by atoms with E-state index in [1.54, 1.807) is 29.7 Å². The fraction of sp³-hybridized carbons (Fsp3) is 0.267. The smallest absolute Gasteiger partial charge is 0.141 e. The van der Waals surface area contributed by atoms with Gasteiger partial charge >= 0.3 is 0 Å². The van der Waals surface area contributed by atoms with Crippen molar-refractivity contribution in [3.63, 3.8) is 0 Å². The Morgan fingerprint density at radius 3 is 2.77 bits per heavy atom. The minimum Gasteiger partial charge on any atom is -0.258 e. The fourth-order valence-electron chi connectivity index (χ4n) is 2.05. The molecule has 0 saturated carbocycles. The van der Waals surface area contributed by atoms with Crippen LogP contribution in [0.3, 0.4) is 0 Å². The topological polar surface area (TPSA) is 43.6 Å². The van der Waals surface area contributed by atoms with Gasteiger partial charge in [-0.1, -0.05) is 36.8 Å². The molecule has 0 bridgehead atoms. The molecular weight excluding hydrogens is 323 g/mol. The summed E-state index contributed by atoms with van der Waals surface area (Å²) in [6.45, 7) is 4.70. The number of hydrogen-bond donors (Lipinski definition) is 0. The van der Waals surface area contributed by atoms with Gasteiger partial charge in [-0.25, -0.2) is 4.39 Å². The van der Waals surface area contributed by atoms with Crippen LogP contribution in [0.1, 0.15) is 29.8 Å². The van der Waals surface area contributed by atoms with Crippen LogP contribution in [0.4, 0.5) is 4.39 Å². The molecule has 0 unspecified atom stereocenters. The lowest BCUT2D eigenvalue weighted by Gasteiger charge is -2.06. The van der Waals surface area contributed by atoms with Gasteiger partial charge in [-0.2, -0.15) is 5.10 Å². The molecule has 2 aromatic heterocycles. The monoisotopic (exact) mass is 336 g/mol. The van der Waals surface area contributed by atoms with Crippen molar-refractivity contribution in [2.45, 2.75) is 26.3 Å². The van der Waals surface area contributed by atoms with E-state index in [0.717, 1.165) is 21.3 Å². The highest BCUT2D eigenvalue weighted by molar-refractivity contribution is 7.11. The quantitative estimate of drug-likeness (QED) is 0.710. The Morgan fingerprint density at radius 1 is 1.27 bits per heavy atom. The number of aromatic nitrogens is 4. The highest BCUT2D eigenvalue weighted by Gasteiger charge is 2.12. The first-order chi connectivity index (χ1) is 10.5. The lowest BCUT2D eigenvalue weighted by molar-refractivity contribution is 0.628. The molecule has 1 aromatic carbocycles. The Morgan fingerprint density at radius 2 is 2.09 bits per heavy atom. The molecular formula is C15H14ClFN4S. The standard InChI is InChI=1S/C15H14ClFN4S/c1-9(2)15-20-19-14(22-15)8-21-13(5-6-18-21)10-3-4-12(17)11(16)7-10/h3-7,9H,8H2,1-2H3. The van der Waals surface area contributed by atoms with E-state index in [1.807, 2.05) is 10.7 Å². The van der Waals surface area contributed by atoms with Crippen LogP contribution in [0.15, 0.2) is 30.5 Å². The third-order valence-corrected chi connectivity index (χ3v) is 4.69. The third kappa shape index (κ3) is 3.03. The number of hydrogen-bond acceptors (Lipinski definition) is 4. The zero-order chi connectivity index (χ0) is 15.7. The third-order valence-electron chi connectivity index (χ3n) is 3.19. The van der Waals surface area contributed by atoms with E-state index in [9.17, 15) is 4.39 Å². The molecule has 3 rings (SSSR count). The first-order valence-corrected chi connectivity index (χ1v) is 8.03. The Hall–Kier alpha value is -1.79. The molecule has 0 amide bonds. The molecule has 0 aliphatic rings. The summed E-state index contributed by atoms with van der Waals surface area (Å²) in [5.74, 6) is -0.0681. The van der Waals surface area contributed by atoms with Crippen molar-refractivity contribution in [1.82, 2.24) is 20.0 Å². The highest BCUT2D eigenvalue weighted by Crippen LogP contribution is 2.26. The van der Waals surface area contributed by atoms with E-state index in [1.165, 1.54) is 6.07 Å². The maximum Gasteiger partial charge on any atom is 0.141 e. The zero-order valence-electron chi connectivity index (χ0n) is 12.1. The summed E-state index contributed by atoms with van der Waals surface area (Å²) >= 11 is 7.44. The van der Waals surface area contributed by atoms with E-state index in [4.69, 9.17) is 11.6 Å². The van der Waals surface area contributed by atoms with Crippen molar-refractivity contribution < 1.29 is 4.39 Å². The van der Waals surface area contributed by atoms with Gasteiger partial charge in [0.1, 0.15) is 15.8 Å². The summed E-state index contributed by atoms with van der Waals surface area (Å²) in [6, 6.07) is 6.52. The van der Waals surface area contributed by atoms with Gasteiger partial charge in [0.25, 0.3) is 0 Å². The van der Waals surface area contributed by atoms with Gasteiger partial charge < -0.3 is 0 Å². The molecule has 114 valence electrons. The van der Waals surface area contributed by atoms with Gasteiger partial charge in [0, 0.05) is 17.7 Å². The van der Waals surface area contributed by atoms with E-state index in [-0.39, 0.29) is 5.02 Å². The van der Waals surface area contributed by atoms with Crippen LogP contribution in [0.25, 0.3) is 11.3 Å². The van der Waals surface area contributed by atoms with Gasteiger partial charge in [0.2, 0.25) is 0 Å². The predicted octanol–water partition coefficient (Wildman–Crippen LogP) is 4.37. The van der Waals surface area contributed by atoms with Crippen molar-refractivity contribution in [1.29, 1.82) is 0 Å². The Balaban J connectivity index is 1.89. The van der Waals surface area contributed by atoms with Crippen molar-refractivity contribution in [3.05, 3.63) is 51.3 Å². The van der Waals surface area contributed by atoms with Gasteiger partial charge in [0.15, 0.2) is 0 Å². The molecule has 4 nitrogen and oxygen atoms in total. The summed E-state index contributed by atoms with van der Waals surface area (Å²) in [5, 5.41) is 14.7. The van der Waals surface area contributed by atoms with Crippen molar-refractivity contribution in [2.75, 3.05) is 0 Å². The van der Waals surface area contributed by atoms with Gasteiger partial charge in [-0.05, 0) is 24.3 Å². The SMILES string of the molecule is CC(C)c1nnc(Cn2nccc2-c2ccc(F)c(Cl)c2)s1. The van der Waals surface area contributed by atoms with Crippen LogP contribution in [-0.2, 0) is 6.54 Å². The molecule has 0 N–H and O–H groups in total. The number of benzene rings is 1. The second kappa shape index (κ2) is 6.14. The maximum absolute atomic E-state index is 13.3. The molecule has 2 heterocycles. The summed E-state index contributed by atoms with van der Waals surface area (Å²) in [6.07, 6.45) is 1.71. The van der Waals surface area contributed by atoms with E-state index in [2.05, 4.69) is 29.1 Å². The highest BCUT2D eigenvalue weighted by atomic mass is 35.5. The zero-order valence-corrected chi connectivity index (χ0v) is 13.7. The average Bonchev–Trinajstić information content (AvgIpc) is 3.12. The largest absolute Gasteiger partial charge is 0.258 e. The molecule has 3 aromatic rings. The van der Waals surface area contributed by atoms with Crippen molar-refractivity contribution >= 4 is 22.9 Å². The molecule has 0 saturated heterocycles. The molecule has 0 spiro atoms. The minimum absolute atomic E-state index is 0.100. The molecule has 22 heavy (non-hydrogen) atoms. The summed E-state index contributed by atoms with van der Waals surface area (Å²) in [7, 11) is 0. The molecule has 0 fully saturated rings. The number of halogens is 2. The fourth-order valence-corrected chi connectivity index (χ4v) is 3.06. The van der Waals surface area contributed by atoms with E-state index < -0.39 is 5.82 Å². The van der Waals surface area contributed by atoms with Crippen LogP contribution in [0.2, 0.25) is 5.02 Å². The van der Waals surface area contributed by atoms with Gasteiger partial charge in [0.05, 0.1) is 17.3 Å². The maximum atomic E-state index is 13.3. The van der Waals surface area contributed by atoms with Crippen LogP contribution in [-0.4, -0.2) is 20.0 Å². The average molecular weight is 337 g/mol. The lowest BCUT2D eigenvalue weighted by Crippen LogP contribution is -2.03. The summed E-state index contributed by atoms with van der Waals surface area (Å²) < 4.78 is 15.1. The second-order valence-corrected chi connectivity index (χ2v) is 6.69.